The molecule has 3 nitrogen and oxygen atoms in total. The highest BCUT2D eigenvalue weighted by Gasteiger charge is 2.44. The fourth-order valence-electron chi connectivity index (χ4n) is 1.96. The highest BCUT2D eigenvalue weighted by Crippen LogP contribution is 2.27. The van der Waals surface area contributed by atoms with Gasteiger partial charge in [-0.1, -0.05) is 36.4 Å². The van der Waals surface area contributed by atoms with Crippen LogP contribution in [0.25, 0.3) is 6.08 Å². The van der Waals surface area contributed by atoms with Crippen molar-refractivity contribution in [1.29, 1.82) is 0 Å². The summed E-state index contributed by atoms with van der Waals surface area (Å²) in [6.45, 7) is 0. The van der Waals surface area contributed by atoms with Gasteiger partial charge in [-0.05, 0) is 35.9 Å². The molecule has 134 valence electrons. The minimum absolute atomic E-state index is 0.0335. The Hall–Kier alpha value is -2.19. The zero-order valence-corrected chi connectivity index (χ0v) is 13.5. The Morgan fingerprint density at radius 2 is 1.32 bits per heavy atom. The lowest BCUT2D eigenvalue weighted by atomic mass is 10.0. The molecule has 0 saturated carbocycles. The summed E-state index contributed by atoms with van der Waals surface area (Å²) in [4.78, 5) is 0.0527. The van der Waals surface area contributed by atoms with Gasteiger partial charge < -0.3 is 5.11 Å². The van der Waals surface area contributed by atoms with Gasteiger partial charge in [-0.15, -0.1) is 0 Å². The van der Waals surface area contributed by atoms with E-state index in [0.29, 0.717) is 6.08 Å². The number of halogens is 4. The largest absolute Gasteiger partial charge is 0.375 e. The van der Waals surface area contributed by atoms with E-state index in [9.17, 15) is 31.1 Å². The van der Waals surface area contributed by atoms with Gasteiger partial charge in [0.25, 0.3) is 12.9 Å². The van der Waals surface area contributed by atoms with Crippen molar-refractivity contribution >= 4 is 15.9 Å². The summed E-state index contributed by atoms with van der Waals surface area (Å²) in [5.41, 5.74) is -3.37. The Morgan fingerprint density at radius 3 is 1.80 bits per heavy atom. The molecule has 0 bridgehead atoms. The van der Waals surface area contributed by atoms with E-state index >= 15 is 0 Å². The Morgan fingerprint density at radius 1 is 0.840 bits per heavy atom. The van der Waals surface area contributed by atoms with Crippen molar-refractivity contribution in [2.75, 3.05) is 0 Å². The molecule has 0 aliphatic carbocycles. The zero-order chi connectivity index (χ0) is 18.7. The quantitative estimate of drug-likeness (QED) is 0.783. The number of hydrogen-bond donors (Lipinski definition) is 1. The average molecular weight is 374 g/mol. The van der Waals surface area contributed by atoms with Gasteiger partial charge in [0, 0.05) is 0 Å². The highest BCUT2D eigenvalue weighted by atomic mass is 32.2. The minimum Gasteiger partial charge on any atom is -0.375 e. The fourth-order valence-corrected chi connectivity index (χ4v) is 3.25. The van der Waals surface area contributed by atoms with Crippen LogP contribution in [0, 0.1) is 0 Å². The highest BCUT2D eigenvalue weighted by molar-refractivity contribution is 7.91. The van der Waals surface area contributed by atoms with Crippen LogP contribution in [0.3, 0.4) is 0 Å². The molecule has 0 unspecified atom stereocenters. The van der Waals surface area contributed by atoms with Gasteiger partial charge in [0.05, 0.1) is 9.79 Å². The van der Waals surface area contributed by atoms with Gasteiger partial charge in [-0.2, -0.15) is 0 Å². The monoisotopic (exact) mass is 374 g/mol. The molecule has 25 heavy (non-hydrogen) atoms. The van der Waals surface area contributed by atoms with Crippen LogP contribution >= 0.6 is 0 Å². The maximum atomic E-state index is 12.6. The van der Waals surface area contributed by atoms with E-state index in [1.54, 1.807) is 18.2 Å². The van der Waals surface area contributed by atoms with E-state index < -0.39 is 28.3 Å². The number of aliphatic hydroxyl groups is 1. The van der Waals surface area contributed by atoms with Gasteiger partial charge >= 0.3 is 0 Å². The van der Waals surface area contributed by atoms with Crippen LogP contribution in [0.5, 0.6) is 0 Å². The van der Waals surface area contributed by atoms with Crippen molar-refractivity contribution in [3.63, 3.8) is 0 Å². The maximum absolute atomic E-state index is 12.6. The molecule has 2 rings (SSSR count). The van der Waals surface area contributed by atoms with Gasteiger partial charge in [-0.25, -0.2) is 26.0 Å². The van der Waals surface area contributed by atoms with Gasteiger partial charge in [0.2, 0.25) is 15.4 Å². The second kappa shape index (κ2) is 7.37. The van der Waals surface area contributed by atoms with Gasteiger partial charge in [0.1, 0.15) is 0 Å². The molecule has 0 saturated heterocycles. The lowest BCUT2D eigenvalue weighted by molar-refractivity contribution is -0.144. The van der Waals surface area contributed by atoms with Crippen LogP contribution in [0.1, 0.15) is 5.56 Å². The molecule has 0 aliphatic heterocycles. The molecule has 0 spiro atoms. The Kier molecular flexibility index (Phi) is 5.64. The van der Waals surface area contributed by atoms with E-state index in [1.165, 1.54) is 36.4 Å². The number of rotatable bonds is 6. The van der Waals surface area contributed by atoms with Gasteiger partial charge in [0.15, 0.2) is 0 Å². The van der Waals surface area contributed by atoms with Crippen LogP contribution in [0.15, 0.2) is 70.5 Å². The van der Waals surface area contributed by atoms with E-state index in [2.05, 4.69) is 0 Å². The zero-order valence-electron chi connectivity index (χ0n) is 12.7. The molecule has 0 heterocycles. The Bertz CT molecular complexity index is 824. The second-order valence-corrected chi connectivity index (χ2v) is 7.16. The predicted octanol–water partition coefficient (Wildman–Crippen LogP) is 3.79. The van der Waals surface area contributed by atoms with Crippen LogP contribution < -0.4 is 0 Å². The smallest absolute Gasteiger partial charge is 0.276 e. The van der Waals surface area contributed by atoms with Crippen molar-refractivity contribution in [1.82, 2.24) is 0 Å². The molecule has 0 aromatic heterocycles. The first kappa shape index (κ1) is 19.1. The van der Waals surface area contributed by atoms with Crippen LogP contribution in [0.4, 0.5) is 17.6 Å². The van der Waals surface area contributed by atoms with E-state index in [1.807, 2.05) is 0 Å². The van der Waals surface area contributed by atoms with Crippen molar-refractivity contribution < 1.29 is 31.1 Å². The maximum Gasteiger partial charge on any atom is 0.276 e. The first-order chi connectivity index (χ1) is 11.7. The molecule has 0 aliphatic rings. The van der Waals surface area contributed by atoms with E-state index in [-0.39, 0.29) is 15.4 Å². The van der Waals surface area contributed by atoms with Crippen molar-refractivity contribution in [3.05, 3.63) is 66.2 Å². The van der Waals surface area contributed by atoms with Gasteiger partial charge in [-0.3, -0.25) is 0 Å². The molecule has 0 fully saturated rings. The molecule has 0 amide bonds. The molecule has 0 radical (unpaired) electrons. The third-order valence-electron chi connectivity index (χ3n) is 3.49. The lowest BCUT2D eigenvalue weighted by Crippen LogP contribution is -2.42. The summed E-state index contributed by atoms with van der Waals surface area (Å²) in [7, 11) is -3.74. The summed E-state index contributed by atoms with van der Waals surface area (Å²) in [5, 5.41) is 9.28. The minimum atomic E-state index is -3.74. The third kappa shape index (κ3) is 4.08. The van der Waals surface area contributed by atoms with E-state index in [4.69, 9.17) is 0 Å². The number of benzene rings is 2. The lowest BCUT2D eigenvalue weighted by Gasteiger charge is -2.22. The van der Waals surface area contributed by atoms with Crippen molar-refractivity contribution in [2.45, 2.75) is 28.2 Å². The van der Waals surface area contributed by atoms with Crippen LogP contribution in [-0.4, -0.2) is 32.0 Å². The van der Waals surface area contributed by atoms with Crippen LogP contribution in [-0.2, 0) is 9.84 Å². The molecular formula is C17H14F4O3S. The number of sulfone groups is 1. The Labute approximate surface area is 142 Å². The molecular weight excluding hydrogens is 360 g/mol. The molecule has 2 aromatic rings. The molecule has 8 heteroatoms. The summed E-state index contributed by atoms with van der Waals surface area (Å²) in [6.07, 6.45) is -6.14. The first-order valence-electron chi connectivity index (χ1n) is 7.06. The molecule has 2 aromatic carbocycles. The average Bonchev–Trinajstić information content (AvgIpc) is 2.60. The standard InChI is InChI=1S/C17H14F4O3S/c18-15(19)17(22,16(20)21)11-10-12-6-8-14(9-7-12)25(23,24)13-4-2-1-3-5-13/h1-11,15-16,22H. The Balaban J connectivity index is 2.28. The number of alkyl halides is 4. The first-order valence-corrected chi connectivity index (χ1v) is 8.54. The van der Waals surface area contributed by atoms with E-state index in [0.717, 1.165) is 6.08 Å². The summed E-state index contributed by atoms with van der Waals surface area (Å²) >= 11 is 0. The van der Waals surface area contributed by atoms with Crippen molar-refractivity contribution in [2.24, 2.45) is 0 Å². The van der Waals surface area contributed by atoms with Crippen LogP contribution in [0.2, 0.25) is 0 Å². The third-order valence-corrected chi connectivity index (χ3v) is 5.27. The SMILES string of the molecule is O=S(=O)(c1ccccc1)c1ccc(C=CC(O)(C(F)F)C(F)F)cc1. The second-order valence-electron chi connectivity index (χ2n) is 5.21. The molecule has 0 atom stereocenters. The summed E-state index contributed by atoms with van der Waals surface area (Å²) < 4.78 is 75.1. The number of hydrogen-bond acceptors (Lipinski definition) is 3. The normalized spacial score (nSPS) is 13.1. The summed E-state index contributed by atoms with van der Waals surface area (Å²) in [6, 6.07) is 12.6. The topological polar surface area (TPSA) is 54.4 Å². The summed E-state index contributed by atoms with van der Waals surface area (Å²) in [5.74, 6) is 0. The molecule has 1 N–H and O–H groups in total. The van der Waals surface area contributed by atoms with Crippen molar-refractivity contribution in [3.8, 4) is 0 Å². The fraction of sp³-hybridized carbons (Fsp3) is 0.176. The predicted molar refractivity (Wildman–Crippen MR) is 84.3 cm³/mol.